The zero-order chi connectivity index (χ0) is 12.0. The van der Waals surface area contributed by atoms with Crippen LogP contribution in [-0.2, 0) is 4.79 Å². The van der Waals surface area contributed by atoms with Gasteiger partial charge in [0.1, 0.15) is 0 Å². The van der Waals surface area contributed by atoms with Crippen molar-refractivity contribution in [2.75, 3.05) is 0 Å². The monoisotopic (exact) mass is 242 g/mol. The lowest BCUT2D eigenvalue weighted by Gasteiger charge is -2.10. The predicted molar refractivity (Wildman–Crippen MR) is 62.5 cm³/mol. The summed E-state index contributed by atoms with van der Waals surface area (Å²) in [6.07, 6.45) is 1.50. The van der Waals surface area contributed by atoms with Crippen LogP contribution in [0.4, 0.5) is 0 Å². The van der Waals surface area contributed by atoms with Crippen molar-refractivity contribution in [1.82, 2.24) is 0 Å². The van der Waals surface area contributed by atoms with Crippen molar-refractivity contribution in [3.05, 3.63) is 34.9 Å². The van der Waals surface area contributed by atoms with Crippen LogP contribution in [0.25, 0.3) is 0 Å². The van der Waals surface area contributed by atoms with Crippen LogP contribution in [0.3, 0.4) is 0 Å². The summed E-state index contributed by atoms with van der Waals surface area (Å²) in [6.45, 7) is 0. The number of halogens is 1. The smallest absolute Gasteiger partial charge is 0.303 e. The third kappa shape index (κ3) is 4.64. The quantitative estimate of drug-likeness (QED) is 0.754. The minimum Gasteiger partial charge on any atom is -0.481 e. The van der Waals surface area contributed by atoms with E-state index in [0.717, 1.165) is 5.56 Å². The molecular formula is C12H15ClO3. The van der Waals surface area contributed by atoms with Crippen molar-refractivity contribution in [2.45, 2.75) is 31.8 Å². The van der Waals surface area contributed by atoms with Crippen molar-refractivity contribution in [3.63, 3.8) is 0 Å². The van der Waals surface area contributed by atoms with Crippen molar-refractivity contribution in [3.8, 4) is 0 Å². The second-order valence-corrected chi connectivity index (χ2v) is 4.14. The zero-order valence-corrected chi connectivity index (χ0v) is 9.65. The van der Waals surface area contributed by atoms with E-state index in [4.69, 9.17) is 16.7 Å². The Morgan fingerprint density at radius 2 is 1.88 bits per heavy atom. The Kier molecular flexibility index (Phi) is 5.29. The molecule has 3 nitrogen and oxygen atoms in total. The lowest BCUT2D eigenvalue weighted by atomic mass is 10.0. The molecule has 0 saturated heterocycles. The molecule has 1 rings (SSSR count). The average Bonchev–Trinajstić information content (AvgIpc) is 2.25. The van der Waals surface area contributed by atoms with Gasteiger partial charge in [0.2, 0.25) is 0 Å². The largest absolute Gasteiger partial charge is 0.481 e. The topological polar surface area (TPSA) is 57.5 Å². The van der Waals surface area contributed by atoms with Gasteiger partial charge in [-0.1, -0.05) is 23.7 Å². The summed E-state index contributed by atoms with van der Waals surface area (Å²) in [7, 11) is 0. The minimum atomic E-state index is -0.791. The molecule has 2 N–H and O–H groups in total. The standard InChI is InChI=1S/C12H15ClO3/c13-10-7-5-9(6-8-10)11(14)3-1-2-4-12(15)16/h5-8,11,14H,1-4H2,(H,15,16). The van der Waals surface area contributed by atoms with E-state index in [-0.39, 0.29) is 6.42 Å². The van der Waals surface area contributed by atoms with Crippen LogP contribution in [0.15, 0.2) is 24.3 Å². The maximum absolute atomic E-state index is 10.3. The van der Waals surface area contributed by atoms with E-state index in [1.54, 1.807) is 24.3 Å². The van der Waals surface area contributed by atoms with E-state index in [9.17, 15) is 9.90 Å². The van der Waals surface area contributed by atoms with Gasteiger partial charge < -0.3 is 10.2 Å². The Morgan fingerprint density at radius 3 is 2.44 bits per heavy atom. The lowest BCUT2D eigenvalue weighted by Crippen LogP contribution is -1.99. The number of carbonyl (C=O) groups is 1. The van der Waals surface area contributed by atoms with Gasteiger partial charge in [-0.3, -0.25) is 4.79 Å². The first kappa shape index (κ1) is 13.0. The fraction of sp³-hybridized carbons (Fsp3) is 0.417. The molecule has 4 heteroatoms. The van der Waals surface area contributed by atoms with Crippen LogP contribution in [0, 0.1) is 0 Å². The van der Waals surface area contributed by atoms with Gasteiger partial charge in [-0.25, -0.2) is 0 Å². The maximum Gasteiger partial charge on any atom is 0.303 e. The number of rotatable bonds is 6. The molecule has 0 aliphatic carbocycles. The Balaban J connectivity index is 2.32. The molecular weight excluding hydrogens is 228 g/mol. The van der Waals surface area contributed by atoms with E-state index in [0.29, 0.717) is 24.3 Å². The first-order chi connectivity index (χ1) is 7.59. The van der Waals surface area contributed by atoms with Crippen LogP contribution in [-0.4, -0.2) is 16.2 Å². The normalized spacial score (nSPS) is 12.4. The van der Waals surface area contributed by atoms with E-state index >= 15 is 0 Å². The second-order valence-electron chi connectivity index (χ2n) is 3.71. The van der Waals surface area contributed by atoms with Crippen LogP contribution in [0.2, 0.25) is 5.02 Å². The molecule has 0 bridgehead atoms. The van der Waals surface area contributed by atoms with E-state index < -0.39 is 12.1 Å². The molecule has 0 aliphatic heterocycles. The van der Waals surface area contributed by atoms with Crippen LogP contribution >= 0.6 is 11.6 Å². The summed E-state index contributed by atoms with van der Waals surface area (Å²) in [5.74, 6) is -0.791. The van der Waals surface area contributed by atoms with Crippen LogP contribution in [0.5, 0.6) is 0 Å². The van der Waals surface area contributed by atoms with Gasteiger partial charge in [0.15, 0.2) is 0 Å². The molecule has 1 aromatic rings. The number of carboxylic acid groups (broad SMARTS) is 1. The first-order valence-corrected chi connectivity index (χ1v) is 5.62. The molecule has 0 fully saturated rings. The van der Waals surface area contributed by atoms with Gasteiger partial charge in [-0.15, -0.1) is 0 Å². The van der Waals surface area contributed by atoms with Gasteiger partial charge in [0.25, 0.3) is 0 Å². The summed E-state index contributed by atoms with van der Waals surface area (Å²) in [5.41, 5.74) is 0.819. The molecule has 0 aromatic heterocycles. The fourth-order valence-electron chi connectivity index (χ4n) is 1.47. The Hall–Kier alpha value is -1.06. The third-order valence-electron chi connectivity index (χ3n) is 2.37. The second kappa shape index (κ2) is 6.51. The number of hydrogen-bond donors (Lipinski definition) is 2. The summed E-state index contributed by atoms with van der Waals surface area (Å²) in [4.78, 5) is 10.3. The molecule has 88 valence electrons. The SMILES string of the molecule is O=C(O)CCCCC(O)c1ccc(Cl)cc1. The molecule has 0 saturated carbocycles. The van der Waals surface area contributed by atoms with Gasteiger partial charge in [-0.2, -0.15) is 0 Å². The Bertz CT molecular complexity index is 335. The van der Waals surface area contributed by atoms with Crippen molar-refractivity contribution in [2.24, 2.45) is 0 Å². The van der Waals surface area contributed by atoms with Gasteiger partial charge in [0, 0.05) is 11.4 Å². The molecule has 0 aliphatic rings. The number of carboxylic acids is 1. The highest BCUT2D eigenvalue weighted by Gasteiger charge is 2.07. The van der Waals surface area contributed by atoms with Crippen molar-refractivity contribution in [1.29, 1.82) is 0 Å². The lowest BCUT2D eigenvalue weighted by molar-refractivity contribution is -0.137. The zero-order valence-electron chi connectivity index (χ0n) is 8.90. The summed E-state index contributed by atoms with van der Waals surface area (Å²) < 4.78 is 0. The van der Waals surface area contributed by atoms with E-state index in [1.807, 2.05) is 0 Å². The van der Waals surface area contributed by atoms with Crippen molar-refractivity contribution < 1.29 is 15.0 Å². The number of aliphatic hydroxyl groups excluding tert-OH is 1. The summed E-state index contributed by atoms with van der Waals surface area (Å²) in [6, 6.07) is 7.03. The molecule has 0 amide bonds. The first-order valence-electron chi connectivity index (χ1n) is 5.25. The van der Waals surface area contributed by atoms with Crippen LogP contribution < -0.4 is 0 Å². The average molecular weight is 243 g/mol. The summed E-state index contributed by atoms with van der Waals surface area (Å²) >= 11 is 5.73. The van der Waals surface area contributed by atoms with E-state index in [1.165, 1.54) is 0 Å². The highest BCUT2D eigenvalue weighted by molar-refractivity contribution is 6.30. The number of hydrogen-bond acceptors (Lipinski definition) is 2. The highest BCUT2D eigenvalue weighted by atomic mass is 35.5. The van der Waals surface area contributed by atoms with Gasteiger partial charge in [0.05, 0.1) is 6.10 Å². The van der Waals surface area contributed by atoms with Gasteiger partial charge in [-0.05, 0) is 37.0 Å². The molecule has 16 heavy (non-hydrogen) atoms. The predicted octanol–water partition coefficient (Wildman–Crippen LogP) is 3.02. The number of aliphatic hydroxyl groups is 1. The third-order valence-corrected chi connectivity index (χ3v) is 2.62. The fourth-order valence-corrected chi connectivity index (χ4v) is 1.59. The maximum atomic E-state index is 10.3. The molecule has 0 radical (unpaired) electrons. The number of aliphatic carboxylic acids is 1. The molecule has 0 spiro atoms. The number of benzene rings is 1. The Labute approximate surface area is 99.7 Å². The Morgan fingerprint density at radius 1 is 1.25 bits per heavy atom. The van der Waals surface area contributed by atoms with Crippen LogP contribution in [0.1, 0.15) is 37.4 Å². The van der Waals surface area contributed by atoms with Crippen molar-refractivity contribution >= 4 is 17.6 Å². The van der Waals surface area contributed by atoms with E-state index in [2.05, 4.69) is 0 Å². The summed E-state index contributed by atoms with van der Waals surface area (Å²) in [5, 5.41) is 18.9. The molecule has 1 atom stereocenters. The minimum absolute atomic E-state index is 0.160. The highest BCUT2D eigenvalue weighted by Crippen LogP contribution is 2.21. The number of unbranched alkanes of at least 4 members (excludes halogenated alkanes) is 1. The molecule has 1 unspecified atom stereocenters. The molecule has 0 heterocycles. The molecule has 1 aromatic carbocycles. The van der Waals surface area contributed by atoms with Gasteiger partial charge >= 0.3 is 5.97 Å².